The average molecular weight is 285 g/mol. The third-order valence-corrected chi connectivity index (χ3v) is 3.56. The molecule has 0 aromatic heterocycles. The van der Waals surface area contributed by atoms with E-state index in [1.807, 2.05) is 0 Å². The summed E-state index contributed by atoms with van der Waals surface area (Å²) in [6.45, 7) is 3.96. The summed E-state index contributed by atoms with van der Waals surface area (Å²) in [5, 5.41) is -0.0213. The van der Waals surface area contributed by atoms with E-state index in [9.17, 15) is 14.0 Å². The van der Waals surface area contributed by atoms with E-state index in [4.69, 9.17) is 11.6 Å². The summed E-state index contributed by atoms with van der Waals surface area (Å²) in [7, 11) is 0. The Bertz CT molecular complexity index is 535. The number of piperazine rings is 1. The summed E-state index contributed by atoms with van der Waals surface area (Å²) in [6, 6.07) is 3.64. The fourth-order valence-corrected chi connectivity index (χ4v) is 2.38. The van der Waals surface area contributed by atoms with Gasteiger partial charge >= 0.3 is 0 Å². The lowest BCUT2D eigenvalue weighted by molar-refractivity contribution is -0.139. The first-order chi connectivity index (χ1) is 8.91. The minimum Gasteiger partial charge on any atom is -0.329 e. The van der Waals surface area contributed by atoms with Gasteiger partial charge in [-0.25, -0.2) is 4.39 Å². The monoisotopic (exact) mass is 284 g/mol. The summed E-state index contributed by atoms with van der Waals surface area (Å²) in [5.74, 6) is -0.838. The molecule has 0 spiro atoms. The van der Waals surface area contributed by atoms with Crippen molar-refractivity contribution in [2.24, 2.45) is 0 Å². The Labute approximate surface area is 115 Å². The summed E-state index contributed by atoms with van der Waals surface area (Å²) < 4.78 is 13.1. The maximum atomic E-state index is 13.1. The Morgan fingerprint density at radius 1 is 1.42 bits per heavy atom. The number of halogens is 2. The van der Waals surface area contributed by atoms with Gasteiger partial charge in [-0.2, -0.15) is 0 Å². The van der Waals surface area contributed by atoms with Crippen molar-refractivity contribution < 1.29 is 14.0 Å². The van der Waals surface area contributed by atoms with E-state index >= 15 is 0 Å². The number of nitrogens with zero attached hydrogens (tertiary/aromatic N) is 2. The molecule has 1 aliphatic heterocycles. The summed E-state index contributed by atoms with van der Waals surface area (Å²) >= 11 is 5.72. The van der Waals surface area contributed by atoms with Crippen molar-refractivity contribution in [3.63, 3.8) is 0 Å². The molecule has 102 valence electrons. The van der Waals surface area contributed by atoms with Crippen LogP contribution in [0, 0.1) is 5.82 Å². The number of hydrogen-bond acceptors (Lipinski definition) is 2. The number of hydrogen-bond donors (Lipinski definition) is 0. The van der Waals surface area contributed by atoms with Crippen molar-refractivity contribution in [1.29, 1.82) is 0 Å². The van der Waals surface area contributed by atoms with Crippen molar-refractivity contribution in [1.82, 2.24) is 4.90 Å². The van der Waals surface area contributed by atoms with Crippen molar-refractivity contribution in [3.05, 3.63) is 29.0 Å². The van der Waals surface area contributed by atoms with Gasteiger partial charge in [-0.15, -0.1) is 0 Å². The second kappa shape index (κ2) is 5.17. The van der Waals surface area contributed by atoms with Crippen LogP contribution in [-0.4, -0.2) is 35.8 Å². The van der Waals surface area contributed by atoms with E-state index in [0.29, 0.717) is 18.8 Å². The number of amides is 2. The first-order valence-electron chi connectivity index (χ1n) is 5.95. The number of anilines is 1. The minimum atomic E-state index is -0.520. The molecule has 1 heterocycles. The highest BCUT2D eigenvalue weighted by Gasteiger charge is 2.33. The lowest BCUT2D eigenvalue weighted by Crippen LogP contribution is -2.57. The number of carbonyl (C=O) groups excluding carboxylic acids is 2. The standard InChI is InChI=1S/C13H14ClFN2O2/c1-8-13(19)17(6-5-16(8)9(2)18)10-3-4-12(15)11(14)7-10/h3-4,7-8H,5-6H2,1-2H3/t8-/m1/s1. The molecule has 0 unspecified atom stereocenters. The molecule has 0 radical (unpaired) electrons. The van der Waals surface area contributed by atoms with E-state index < -0.39 is 11.9 Å². The molecule has 2 rings (SSSR count). The molecule has 4 nitrogen and oxygen atoms in total. The quantitative estimate of drug-likeness (QED) is 0.792. The lowest BCUT2D eigenvalue weighted by atomic mass is 10.1. The maximum Gasteiger partial charge on any atom is 0.249 e. The van der Waals surface area contributed by atoms with Gasteiger partial charge in [0.25, 0.3) is 0 Å². The third-order valence-electron chi connectivity index (χ3n) is 3.27. The van der Waals surface area contributed by atoms with Crippen LogP contribution in [0.2, 0.25) is 5.02 Å². The third kappa shape index (κ3) is 2.56. The van der Waals surface area contributed by atoms with Gasteiger partial charge in [-0.1, -0.05) is 11.6 Å². The molecule has 1 aromatic rings. The van der Waals surface area contributed by atoms with Crippen LogP contribution in [0.15, 0.2) is 18.2 Å². The van der Waals surface area contributed by atoms with Crippen LogP contribution in [0.25, 0.3) is 0 Å². The highest BCUT2D eigenvalue weighted by Crippen LogP contribution is 2.25. The smallest absolute Gasteiger partial charge is 0.249 e. The van der Waals surface area contributed by atoms with Crippen LogP contribution >= 0.6 is 11.6 Å². The van der Waals surface area contributed by atoms with Crippen LogP contribution in [0.5, 0.6) is 0 Å². The molecule has 0 N–H and O–H groups in total. The van der Waals surface area contributed by atoms with Crippen molar-refractivity contribution in [2.75, 3.05) is 18.0 Å². The van der Waals surface area contributed by atoms with E-state index in [-0.39, 0.29) is 16.8 Å². The van der Waals surface area contributed by atoms with Crippen molar-refractivity contribution in [3.8, 4) is 0 Å². The van der Waals surface area contributed by atoms with Gasteiger partial charge in [0.1, 0.15) is 11.9 Å². The zero-order valence-corrected chi connectivity index (χ0v) is 11.4. The number of benzene rings is 1. The molecular formula is C13H14ClFN2O2. The molecule has 0 bridgehead atoms. The lowest BCUT2D eigenvalue weighted by Gasteiger charge is -2.38. The zero-order valence-electron chi connectivity index (χ0n) is 10.7. The zero-order chi connectivity index (χ0) is 14.2. The molecule has 0 aliphatic carbocycles. The van der Waals surface area contributed by atoms with Crippen molar-refractivity contribution in [2.45, 2.75) is 19.9 Å². The topological polar surface area (TPSA) is 40.6 Å². The molecule has 19 heavy (non-hydrogen) atoms. The van der Waals surface area contributed by atoms with E-state index in [1.54, 1.807) is 6.92 Å². The van der Waals surface area contributed by atoms with E-state index in [2.05, 4.69) is 0 Å². The Morgan fingerprint density at radius 3 is 2.68 bits per heavy atom. The molecule has 1 aliphatic rings. The normalized spacial score (nSPS) is 19.8. The predicted molar refractivity (Wildman–Crippen MR) is 70.6 cm³/mol. The Hall–Kier alpha value is -1.62. The SMILES string of the molecule is CC(=O)N1CCN(c2ccc(F)c(Cl)c2)C(=O)[C@H]1C. The van der Waals surface area contributed by atoms with Crippen LogP contribution in [0.1, 0.15) is 13.8 Å². The van der Waals surface area contributed by atoms with Gasteiger partial charge in [0.2, 0.25) is 11.8 Å². The van der Waals surface area contributed by atoms with Gasteiger partial charge in [-0.05, 0) is 25.1 Å². The molecule has 1 fully saturated rings. The van der Waals surface area contributed by atoms with E-state index in [0.717, 1.165) is 0 Å². The Morgan fingerprint density at radius 2 is 2.11 bits per heavy atom. The largest absolute Gasteiger partial charge is 0.329 e. The summed E-state index contributed by atoms with van der Waals surface area (Å²) in [5.41, 5.74) is 0.548. The fourth-order valence-electron chi connectivity index (χ4n) is 2.21. The van der Waals surface area contributed by atoms with Crippen LogP contribution in [-0.2, 0) is 9.59 Å². The highest BCUT2D eigenvalue weighted by molar-refractivity contribution is 6.31. The molecule has 1 saturated heterocycles. The number of carbonyl (C=O) groups is 2. The first kappa shape index (κ1) is 13.8. The average Bonchev–Trinajstić information content (AvgIpc) is 2.36. The van der Waals surface area contributed by atoms with Gasteiger partial charge in [-0.3, -0.25) is 9.59 Å². The Balaban J connectivity index is 2.25. The van der Waals surface area contributed by atoms with Crippen LogP contribution < -0.4 is 4.90 Å². The molecule has 0 saturated carbocycles. The summed E-state index contributed by atoms with van der Waals surface area (Å²) in [6.07, 6.45) is 0. The van der Waals surface area contributed by atoms with Crippen molar-refractivity contribution >= 4 is 29.1 Å². The van der Waals surface area contributed by atoms with Crippen LogP contribution in [0.4, 0.5) is 10.1 Å². The Kier molecular flexibility index (Phi) is 3.75. The maximum absolute atomic E-state index is 13.1. The van der Waals surface area contributed by atoms with E-state index in [1.165, 1.54) is 34.9 Å². The molecule has 6 heteroatoms. The minimum absolute atomic E-state index is 0.0213. The molecule has 1 aromatic carbocycles. The second-order valence-corrected chi connectivity index (χ2v) is 4.88. The first-order valence-corrected chi connectivity index (χ1v) is 6.33. The second-order valence-electron chi connectivity index (χ2n) is 4.48. The highest BCUT2D eigenvalue weighted by atomic mass is 35.5. The van der Waals surface area contributed by atoms with Gasteiger partial charge < -0.3 is 9.80 Å². The molecule has 1 atom stereocenters. The van der Waals surface area contributed by atoms with Gasteiger partial charge in [0.15, 0.2) is 0 Å². The summed E-state index contributed by atoms with van der Waals surface area (Å²) in [4.78, 5) is 26.7. The number of rotatable bonds is 1. The predicted octanol–water partition coefficient (Wildman–Crippen LogP) is 2.06. The van der Waals surface area contributed by atoms with Gasteiger partial charge in [0.05, 0.1) is 5.02 Å². The molecule has 2 amide bonds. The van der Waals surface area contributed by atoms with Gasteiger partial charge in [0, 0.05) is 25.7 Å². The molecular weight excluding hydrogens is 271 g/mol. The fraction of sp³-hybridized carbons (Fsp3) is 0.385. The van der Waals surface area contributed by atoms with Crippen LogP contribution in [0.3, 0.4) is 0 Å².